The van der Waals surface area contributed by atoms with Gasteiger partial charge in [0.25, 0.3) is 0 Å². The predicted octanol–water partition coefficient (Wildman–Crippen LogP) is 3.11. The molecule has 90 valence electrons. The molecule has 0 bridgehead atoms. The molecule has 0 radical (unpaired) electrons. The van der Waals surface area contributed by atoms with Gasteiger partial charge in [-0.05, 0) is 18.1 Å². The molecule has 0 N–H and O–H groups in total. The van der Waals surface area contributed by atoms with Gasteiger partial charge in [0.1, 0.15) is 10.0 Å². The van der Waals surface area contributed by atoms with Gasteiger partial charge in [-0.25, -0.2) is 13.2 Å². The second kappa shape index (κ2) is 4.83. The van der Waals surface area contributed by atoms with Gasteiger partial charge in [0.05, 0.1) is 0 Å². The molecule has 0 saturated heterocycles. The molecular weight excluding hydrogens is 249 g/mol. The summed E-state index contributed by atoms with van der Waals surface area (Å²) in [5.41, 5.74) is 0.0858. The Hall–Kier alpha value is -1.43. The smallest absolute Gasteiger partial charge is 0.194 e. The van der Waals surface area contributed by atoms with Crippen molar-refractivity contribution in [3.63, 3.8) is 0 Å². The molecule has 0 aliphatic carbocycles. The van der Waals surface area contributed by atoms with Gasteiger partial charge in [0, 0.05) is 6.42 Å². The Balaban J connectivity index is 2.27. The lowest BCUT2D eigenvalue weighted by atomic mass is 10.1. The van der Waals surface area contributed by atoms with Crippen LogP contribution in [0.3, 0.4) is 0 Å². The summed E-state index contributed by atoms with van der Waals surface area (Å²) in [7, 11) is 0. The van der Waals surface area contributed by atoms with Crippen molar-refractivity contribution < 1.29 is 13.2 Å². The molecule has 0 aliphatic rings. The van der Waals surface area contributed by atoms with E-state index in [0.29, 0.717) is 5.01 Å². The molecular formula is C11H9F3N2S. The summed E-state index contributed by atoms with van der Waals surface area (Å²) in [5, 5.41) is 9.17. The molecule has 1 aromatic carbocycles. The first-order valence-corrected chi connectivity index (χ1v) is 5.87. The van der Waals surface area contributed by atoms with Crippen LogP contribution in [0.5, 0.6) is 0 Å². The van der Waals surface area contributed by atoms with Crippen molar-refractivity contribution in [1.82, 2.24) is 10.2 Å². The highest BCUT2D eigenvalue weighted by Gasteiger charge is 2.15. The third kappa shape index (κ3) is 2.46. The normalized spacial score (nSPS) is 10.8. The van der Waals surface area contributed by atoms with E-state index < -0.39 is 17.5 Å². The summed E-state index contributed by atoms with van der Waals surface area (Å²) in [6.07, 6.45) is 0.874. The van der Waals surface area contributed by atoms with Crippen LogP contribution in [0.2, 0.25) is 0 Å². The van der Waals surface area contributed by atoms with Gasteiger partial charge in [0.15, 0.2) is 17.5 Å². The second-order valence-electron chi connectivity index (χ2n) is 3.45. The number of halogens is 3. The minimum Gasteiger partial charge on any atom is -0.204 e. The fraction of sp³-hybridized carbons (Fsp3) is 0.273. The van der Waals surface area contributed by atoms with E-state index in [4.69, 9.17) is 0 Å². The van der Waals surface area contributed by atoms with E-state index in [1.165, 1.54) is 17.4 Å². The van der Waals surface area contributed by atoms with Crippen molar-refractivity contribution in [3.8, 4) is 0 Å². The molecule has 2 aromatic rings. The van der Waals surface area contributed by atoms with Crippen LogP contribution in [0.15, 0.2) is 12.1 Å². The molecule has 0 aliphatic heterocycles. The highest BCUT2D eigenvalue weighted by Crippen LogP contribution is 2.20. The van der Waals surface area contributed by atoms with E-state index in [1.807, 2.05) is 6.92 Å². The summed E-state index contributed by atoms with van der Waals surface area (Å²) >= 11 is 1.34. The summed E-state index contributed by atoms with van der Waals surface area (Å²) in [6, 6.07) is 2.14. The molecule has 17 heavy (non-hydrogen) atoms. The molecule has 0 spiro atoms. The van der Waals surface area contributed by atoms with Crippen LogP contribution in [-0.2, 0) is 12.8 Å². The quantitative estimate of drug-likeness (QED) is 0.790. The lowest BCUT2D eigenvalue weighted by Gasteiger charge is -2.01. The number of aromatic nitrogens is 2. The molecule has 0 unspecified atom stereocenters. The topological polar surface area (TPSA) is 25.8 Å². The molecule has 1 heterocycles. The van der Waals surface area contributed by atoms with Crippen LogP contribution in [-0.4, -0.2) is 10.2 Å². The Morgan fingerprint density at radius 3 is 2.41 bits per heavy atom. The van der Waals surface area contributed by atoms with Crippen molar-refractivity contribution in [2.24, 2.45) is 0 Å². The van der Waals surface area contributed by atoms with E-state index in [1.54, 1.807) is 0 Å². The summed E-state index contributed by atoms with van der Waals surface area (Å²) < 4.78 is 39.1. The minimum atomic E-state index is -1.44. The van der Waals surface area contributed by atoms with Gasteiger partial charge < -0.3 is 0 Å². The van der Waals surface area contributed by atoms with Crippen LogP contribution in [0.4, 0.5) is 13.2 Å². The predicted molar refractivity (Wildman–Crippen MR) is 58.4 cm³/mol. The monoisotopic (exact) mass is 258 g/mol. The van der Waals surface area contributed by atoms with Crippen LogP contribution in [0.25, 0.3) is 0 Å². The third-order valence-corrected chi connectivity index (χ3v) is 3.34. The minimum absolute atomic E-state index is 0.0858. The van der Waals surface area contributed by atoms with Crippen LogP contribution >= 0.6 is 11.3 Å². The van der Waals surface area contributed by atoms with Gasteiger partial charge in [-0.15, -0.1) is 21.5 Å². The van der Waals surface area contributed by atoms with Crippen molar-refractivity contribution in [1.29, 1.82) is 0 Å². The number of hydrogen-bond donors (Lipinski definition) is 0. The highest BCUT2D eigenvalue weighted by atomic mass is 32.1. The number of hydrogen-bond acceptors (Lipinski definition) is 3. The van der Waals surface area contributed by atoms with Gasteiger partial charge in [-0.3, -0.25) is 0 Å². The first-order valence-electron chi connectivity index (χ1n) is 5.05. The molecule has 1 aromatic heterocycles. The molecule has 0 atom stereocenters. The first-order chi connectivity index (χ1) is 8.11. The largest absolute Gasteiger partial charge is 0.204 e. The van der Waals surface area contributed by atoms with E-state index in [9.17, 15) is 13.2 Å². The Labute approximate surface area is 100 Å². The van der Waals surface area contributed by atoms with Crippen molar-refractivity contribution in [2.45, 2.75) is 19.8 Å². The molecule has 0 fully saturated rings. The lowest BCUT2D eigenvalue weighted by molar-refractivity contribution is 0.442. The van der Waals surface area contributed by atoms with E-state index in [2.05, 4.69) is 10.2 Å². The highest BCUT2D eigenvalue weighted by molar-refractivity contribution is 7.11. The molecule has 6 heteroatoms. The van der Waals surface area contributed by atoms with Crippen LogP contribution < -0.4 is 0 Å². The number of nitrogens with zero attached hydrogens (tertiary/aromatic N) is 2. The zero-order valence-electron chi connectivity index (χ0n) is 9.01. The maximum atomic E-state index is 13.4. The van der Waals surface area contributed by atoms with E-state index in [0.717, 1.165) is 17.5 Å². The zero-order chi connectivity index (χ0) is 12.4. The Morgan fingerprint density at radius 2 is 1.76 bits per heavy atom. The zero-order valence-corrected chi connectivity index (χ0v) is 9.82. The maximum absolute atomic E-state index is 13.4. The first kappa shape index (κ1) is 12.0. The molecule has 2 rings (SSSR count). The van der Waals surface area contributed by atoms with E-state index >= 15 is 0 Å². The number of rotatable bonds is 3. The summed E-state index contributed by atoms with van der Waals surface area (Å²) in [5.74, 6) is -3.78. The Bertz CT molecular complexity index is 540. The van der Waals surface area contributed by atoms with Crippen molar-refractivity contribution >= 4 is 11.3 Å². The third-order valence-electron chi connectivity index (χ3n) is 2.27. The van der Waals surface area contributed by atoms with Crippen molar-refractivity contribution in [2.75, 3.05) is 0 Å². The SMILES string of the molecule is CCc1nnc(Cc2ccc(F)c(F)c2F)s1. The molecule has 0 amide bonds. The number of benzene rings is 1. The fourth-order valence-corrected chi connectivity index (χ4v) is 2.18. The summed E-state index contributed by atoms with van der Waals surface area (Å²) in [6.45, 7) is 1.93. The van der Waals surface area contributed by atoms with Gasteiger partial charge >= 0.3 is 0 Å². The van der Waals surface area contributed by atoms with Crippen LogP contribution in [0.1, 0.15) is 22.5 Å². The summed E-state index contributed by atoms with van der Waals surface area (Å²) in [4.78, 5) is 0. The van der Waals surface area contributed by atoms with Gasteiger partial charge in [-0.1, -0.05) is 13.0 Å². The Morgan fingerprint density at radius 1 is 1.06 bits per heavy atom. The average molecular weight is 258 g/mol. The van der Waals surface area contributed by atoms with Gasteiger partial charge in [-0.2, -0.15) is 0 Å². The molecule has 0 saturated carbocycles. The Kier molecular flexibility index (Phi) is 3.42. The standard InChI is InChI=1S/C11H9F3N2S/c1-2-8-15-16-9(17-8)5-6-3-4-7(12)11(14)10(6)13/h3-4H,2,5H2,1H3. The lowest BCUT2D eigenvalue weighted by Crippen LogP contribution is -1.98. The molecule has 2 nitrogen and oxygen atoms in total. The maximum Gasteiger partial charge on any atom is 0.194 e. The second-order valence-corrected chi connectivity index (χ2v) is 4.60. The van der Waals surface area contributed by atoms with Gasteiger partial charge in [0.2, 0.25) is 0 Å². The average Bonchev–Trinajstić information content (AvgIpc) is 2.78. The van der Waals surface area contributed by atoms with Crippen LogP contribution in [0, 0.1) is 17.5 Å². The fourth-order valence-electron chi connectivity index (χ4n) is 1.37. The van der Waals surface area contributed by atoms with Crippen molar-refractivity contribution in [3.05, 3.63) is 45.2 Å². The number of aryl methyl sites for hydroxylation is 1. The van der Waals surface area contributed by atoms with E-state index in [-0.39, 0.29) is 12.0 Å².